The van der Waals surface area contributed by atoms with Crippen molar-refractivity contribution in [3.8, 4) is 0 Å². The second-order valence-corrected chi connectivity index (χ2v) is 4.52. The Morgan fingerprint density at radius 2 is 2.18 bits per heavy atom. The molecule has 0 amide bonds. The van der Waals surface area contributed by atoms with Gasteiger partial charge in [-0.05, 0) is 36.6 Å². The van der Waals surface area contributed by atoms with Gasteiger partial charge >= 0.3 is 5.97 Å². The van der Waals surface area contributed by atoms with Crippen molar-refractivity contribution in [2.24, 2.45) is 0 Å². The average molecular weight is 297 g/mol. The first kappa shape index (κ1) is 14.0. The molecule has 17 heavy (non-hydrogen) atoms. The van der Waals surface area contributed by atoms with Crippen molar-refractivity contribution in [2.45, 2.75) is 26.7 Å². The Labute approximate surface area is 111 Å². The summed E-state index contributed by atoms with van der Waals surface area (Å²) in [5.74, 6) is -0.182. The van der Waals surface area contributed by atoms with Gasteiger partial charge < -0.3 is 4.74 Å². The SMILES string of the molecule is CCOC(=O)CC=Cc1ccc(Br)cc1CC. The number of benzene rings is 1. The molecule has 92 valence electrons. The molecule has 0 fully saturated rings. The van der Waals surface area contributed by atoms with Crippen molar-refractivity contribution in [2.75, 3.05) is 6.61 Å². The van der Waals surface area contributed by atoms with Crippen LogP contribution in [0, 0.1) is 0 Å². The molecule has 0 atom stereocenters. The fraction of sp³-hybridized carbons (Fsp3) is 0.357. The van der Waals surface area contributed by atoms with E-state index < -0.39 is 0 Å². The molecule has 2 nitrogen and oxygen atoms in total. The molecule has 0 saturated heterocycles. The van der Waals surface area contributed by atoms with Crippen LogP contribution in [0.4, 0.5) is 0 Å². The highest BCUT2D eigenvalue weighted by molar-refractivity contribution is 9.10. The number of carbonyl (C=O) groups excluding carboxylic acids is 1. The number of carbonyl (C=O) groups is 1. The van der Waals surface area contributed by atoms with Gasteiger partial charge in [-0.2, -0.15) is 0 Å². The van der Waals surface area contributed by atoms with Crippen LogP contribution in [0.1, 0.15) is 31.4 Å². The van der Waals surface area contributed by atoms with E-state index >= 15 is 0 Å². The third-order valence-electron chi connectivity index (χ3n) is 2.37. The number of hydrogen-bond donors (Lipinski definition) is 0. The van der Waals surface area contributed by atoms with Crippen LogP contribution in [-0.4, -0.2) is 12.6 Å². The first-order valence-electron chi connectivity index (χ1n) is 5.78. The molecule has 0 spiro atoms. The Bertz CT molecular complexity index is 411. The lowest BCUT2D eigenvalue weighted by molar-refractivity contribution is -0.142. The molecule has 0 radical (unpaired) electrons. The molecule has 1 rings (SSSR count). The molecule has 1 aromatic carbocycles. The van der Waals surface area contributed by atoms with Crippen molar-refractivity contribution in [3.05, 3.63) is 39.9 Å². The van der Waals surface area contributed by atoms with Gasteiger partial charge in [0.1, 0.15) is 0 Å². The summed E-state index contributed by atoms with van der Waals surface area (Å²) >= 11 is 3.45. The second-order valence-electron chi connectivity index (χ2n) is 3.61. The minimum Gasteiger partial charge on any atom is -0.466 e. The Balaban J connectivity index is 2.67. The van der Waals surface area contributed by atoms with Crippen LogP contribution >= 0.6 is 15.9 Å². The highest BCUT2D eigenvalue weighted by Crippen LogP contribution is 2.18. The highest BCUT2D eigenvalue weighted by atomic mass is 79.9. The maximum absolute atomic E-state index is 11.2. The third-order valence-corrected chi connectivity index (χ3v) is 2.87. The highest BCUT2D eigenvalue weighted by Gasteiger charge is 2.00. The zero-order chi connectivity index (χ0) is 12.7. The van der Waals surface area contributed by atoms with E-state index in [1.165, 1.54) is 5.56 Å². The number of esters is 1. The third kappa shape index (κ3) is 4.73. The van der Waals surface area contributed by atoms with Gasteiger partial charge in [0, 0.05) is 4.47 Å². The summed E-state index contributed by atoms with van der Waals surface area (Å²) in [6.45, 7) is 4.36. The molecular formula is C14H17BrO2. The summed E-state index contributed by atoms with van der Waals surface area (Å²) in [7, 11) is 0. The van der Waals surface area contributed by atoms with Crippen LogP contribution < -0.4 is 0 Å². The zero-order valence-corrected chi connectivity index (χ0v) is 11.8. The largest absolute Gasteiger partial charge is 0.466 e. The molecule has 0 N–H and O–H groups in total. The fourth-order valence-electron chi connectivity index (χ4n) is 1.55. The summed E-state index contributed by atoms with van der Waals surface area (Å²) in [4.78, 5) is 11.2. The molecule has 0 aromatic heterocycles. The number of rotatable bonds is 5. The predicted molar refractivity (Wildman–Crippen MR) is 73.8 cm³/mol. The van der Waals surface area contributed by atoms with E-state index in [-0.39, 0.29) is 5.97 Å². The summed E-state index contributed by atoms with van der Waals surface area (Å²) < 4.78 is 5.94. The Morgan fingerprint density at radius 3 is 2.82 bits per heavy atom. The van der Waals surface area contributed by atoms with Crippen molar-refractivity contribution in [1.82, 2.24) is 0 Å². The van der Waals surface area contributed by atoms with Gasteiger partial charge in [0.2, 0.25) is 0 Å². The van der Waals surface area contributed by atoms with Crippen molar-refractivity contribution in [3.63, 3.8) is 0 Å². The normalized spacial score (nSPS) is 10.8. The standard InChI is InChI=1S/C14H17BrO2/c1-3-11-10-13(15)9-8-12(11)6-5-7-14(16)17-4-2/h5-6,8-10H,3-4,7H2,1-2H3. The molecule has 1 aromatic rings. The summed E-state index contributed by atoms with van der Waals surface area (Å²) in [5, 5.41) is 0. The molecule has 0 aliphatic heterocycles. The van der Waals surface area contributed by atoms with Crippen LogP contribution in [0.25, 0.3) is 6.08 Å². The number of ether oxygens (including phenoxy) is 1. The maximum Gasteiger partial charge on any atom is 0.309 e. The number of hydrogen-bond acceptors (Lipinski definition) is 2. The Hall–Kier alpha value is -1.09. The van der Waals surface area contributed by atoms with Crippen molar-refractivity contribution < 1.29 is 9.53 Å². The van der Waals surface area contributed by atoms with E-state index in [4.69, 9.17) is 4.74 Å². The van der Waals surface area contributed by atoms with Crippen LogP contribution in [0.5, 0.6) is 0 Å². The van der Waals surface area contributed by atoms with Gasteiger partial charge in [0.05, 0.1) is 13.0 Å². The Morgan fingerprint density at radius 1 is 1.41 bits per heavy atom. The molecule has 0 aliphatic rings. The molecule has 0 aliphatic carbocycles. The van der Waals surface area contributed by atoms with E-state index in [1.54, 1.807) is 0 Å². The van der Waals surface area contributed by atoms with E-state index in [2.05, 4.69) is 28.9 Å². The smallest absolute Gasteiger partial charge is 0.309 e. The van der Waals surface area contributed by atoms with Gasteiger partial charge in [-0.25, -0.2) is 0 Å². The first-order chi connectivity index (χ1) is 8.17. The topological polar surface area (TPSA) is 26.3 Å². The van der Waals surface area contributed by atoms with Gasteiger partial charge in [-0.3, -0.25) is 4.79 Å². The number of halogens is 1. The van der Waals surface area contributed by atoms with Crippen molar-refractivity contribution in [1.29, 1.82) is 0 Å². The van der Waals surface area contributed by atoms with Crippen LogP contribution in [-0.2, 0) is 16.0 Å². The quantitative estimate of drug-likeness (QED) is 0.768. The molecule has 3 heteroatoms. The molecule has 0 unspecified atom stereocenters. The Kier molecular flexibility index (Phi) is 5.98. The minimum absolute atomic E-state index is 0.182. The lowest BCUT2D eigenvalue weighted by atomic mass is 10.0. The summed E-state index contributed by atoms with van der Waals surface area (Å²) in [6, 6.07) is 6.15. The van der Waals surface area contributed by atoms with E-state index in [0.717, 1.165) is 16.5 Å². The van der Waals surface area contributed by atoms with Gasteiger partial charge in [0.15, 0.2) is 0 Å². The van der Waals surface area contributed by atoms with Crippen LogP contribution in [0.15, 0.2) is 28.7 Å². The van der Waals surface area contributed by atoms with Gasteiger partial charge in [0.25, 0.3) is 0 Å². The average Bonchev–Trinajstić information content (AvgIpc) is 2.31. The fourth-order valence-corrected chi connectivity index (χ4v) is 1.95. The number of aryl methyl sites for hydroxylation is 1. The van der Waals surface area contributed by atoms with E-state index in [1.807, 2.05) is 31.2 Å². The van der Waals surface area contributed by atoms with Crippen LogP contribution in [0.3, 0.4) is 0 Å². The second kappa shape index (κ2) is 7.28. The summed E-state index contributed by atoms with van der Waals surface area (Å²) in [5.41, 5.74) is 2.42. The molecule has 0 bridgehead atoms. The zero-order valence-electron chi connectivity index (χ0n) is 10.2. The van der Waals surface area contributed by atoms with Crippen LogP contribution in [0.2, 0.25) is 0 Å². The van der Waals surface area contributed by atoms with E-state index in [0.29, 0.717) is 13.0 Å². The predicted octanol–water partition coefficient (Wildman–Crippen LogP) is 3.98. The minimum atomic E-state index is -0.182. The molecular weight excluding hydrogens is 280 g/mol. The molecule has 0 heterocycles. The summed E-state index contributed by atoms with van der Waals surface area (Å²) in [6.07, 6.45) is 5.12. The van der Waals surface area contributed by atoms with E-state index in [9.17, 15) is 4.79 Å². The van der Waals surface area contributed by atoms with Crippen molar-refractivity contribution >= 4 is 28.0 Å². The maximum atomic E-state index is 11.2. The monoisotopic (exact) mass is 296 g/mol. The first-order valence-corrected chi connectivity index (χ1v) is 6.57. The van der Waals surface area contributed by atoms with Gasteiger partial charge in [-0.1, -0.05) is 41.1 Å². The molecule has 0 saturated carbocycles. The van der Waals surface area contributed by atoms with Gasteiger partial charge in [-0.15, -0.1) is 0 Å². The lowest BCUT2D eigenvalue weighted by Crippen LogP contribution is -2.01. The lowest BCUT2D eigenvalue weighted by Gasteiger charge is -2.04.